The average Bonchev–Trinajstić information content (AvgIpc) is 2.36. The van der Waals surface area contributed by atoms with Crippen LogP contribution in [0, 0.1) is 18.6 Å². The van der Waals surface area contributed by atoms with E-state index in [-0.39, 0.29) is 34.3 Å². The van der Waals surface area contributed by atoms with Crippen LogP contribution in [0.1, 0.15) is 22.8 Å². The normalized spacial score (nSPS) is 10.7. The number of hydrogen-bond donors (Lipinski definition) is 1. The van der Waals surface area contributed by atoms with E-state index in [1.54, 1.807) is 6.92 Å². The molecule has 0 bridgehead atoms. The molecule has 0 radical (unpaired) electrons. The number of nitrogen functional groups attached to an aromatic ring is 1. The Morgan fingerprint density at radius 2 is 2.16 bits per heavy atom. The van der Waals surface area contributed by atoms with Crippen molar-refractivity contribution < 1.29 is 18.3 Å². The molecular formula is C13H12F2N2O2. The van der Waals surface area contributed by atoms with Crippen molar-refractivity contribution in [3.8, 4) is 0 Å². The number of rotatable bonds is 2. The third kappa shape index (κ3) is 2.09. The number of anilines is 1. The second-order valence-electron chi connectivity index (χ2n) is 4.02. The van der Waals surface area contributed by atoms with Crippen molar-refractivity contribution in [2.45, 2.75) is 13.8 Å². The molecule has 2 N–H and O–H groups in total. The van der Waals surface area contributed by atoms with E-state index in [0.717, 1.165) is 12.3 Å². The quantitative estimate of drug-likeness (QED) is 0.848. The molecule has 6 heteroatoms. The van der Waals surface area contributed by atoms with Gasteiger partial charge in [0.2, 0.25) is 0 Å². The fraction of sp³-hybridized carbons (Fsp3) is 0.231. The van der Waals surface area contributed by atoms with Crippen LogP contribution in [0.3, 0.4) is 0 Å². The number of aromatic nitrogens is 1. The number of carbonyl (C=O) groups excluding carboxylic acids is 1. The van der Waals surface area contributed by atoms with Crippen molar-refractivity contribution in [2.24, 2.45) is 0 Å². The van der Waals surface area contributed by atoms with Gasteiger partial charge in [-0.3, -0.25) is 4.98 Å². The molecule has 0 unspecified atom stereocenters. The largest absolute Gasteiger partial charge is 0.462 e. The van der Waals surface area contributed by atoms with Crippen LogP contribution >= 0.6 is 0 Å². The zero-order chi connectivity index (χ0) is 14.2. The number of carbonyl (C=O) groups is 1. The lowest BCUT2D eigenvalue weighted by Gasteiger charge is -2.10. The van der Waals surface area contributed by atoms with Gasteiger partial charge in [-0.2, -0.15) is 0 Å². The molecular weight excluding hydrogens is 254 g/mol. The molecule has 4 nitrogen and oxygen atoms in total. The third-order valence-corrected chi connectivity index (χ3v) is 2.75. The molecule has 0 saturated carbocycles. The second-order valence-corrected chi connectivity index (χ2v) is 4.02. The maximum Gasteiger partial charge on any atom is 0.341 e. The first kappa shape index (κ1) is 13.2. The van der Waals surface area contributed by atoms with Gasteiger partial charge in [0.15, 0.2) is 0 Å². The Labute approximate surface area is 108 Å². The van der Waals surface area contributed by atoms with Gasteiger partial charge in [0, 0.05) is 6.20 Å². The lowest BCUT2D eigenvalue weighted by Crippen LogP contribution is -2.10. The first-order chi connectivity index (χ1) is 8.97. The molecule has 100 valence electrons. The summed E-state index contributed by atoms with van der Waals surface area (Å²) in [5, 5.41) is -0.192. The fourth-order valence-electron chi connectivity index (χ4n) is 1.82. The molecule has 0 saturated heterocycles. The summed E-state index contributed by atoms with van der Waals surface area (Å²) >= 11 is 0. The highest BCUT2D eigenvalue weighted by molar-refractivity contribution is 6.04. The molecule has 1 heterocycles. The molecule has 1 aromatic carbocycles. The van der Waals surface area contributed by atoms with Gasteiger partial charge in [-0.25, -0.2) is 13.6 Å². The molecule has 19 heavy (non-hydrogen) atoms. The molecule has 0 fully saturated rings. The van der Waals surface area contributed by atoms with Crippen LogP contribution in [0.4, 0.5) is 14.5 Å². The number of fused-ring (bicyclic) bond motifs is 1. The molecule has 0 aliphatic heterocycles. The minimum absolute atomic E-state index is 0.0711. The van der Waals surface area contributed by atoms with Crippen LogP contribution in [0.2, 0.25) is 0 Å². The Morgan fingerprint density at radius 1 is 1.47 bits per heavy atom. The lowest BCUT2D eigenvalue weighted by molar-refractivity contribution is 0.0527. The Kier molecular flexibility index (Phi) is 3.33. The van der Waals surface area contributed by atoms with Crippen LogP contribution in [0.15, 0.2) is 12.3 Å². The third-order valence-electron chi connectivity index (χ3n) is 2.75. The van der Waals surface area contributed by atoms with Gasteiger partial charge >= 0.3 is 5.97 Å². The summed E-state index contributed by atoms with van der Waals surface area (Å²) in [5.41, 5.74) is 5.40. The Hall–Kier alpha value is -2.24. The maximum absolute atomic E-state index is 14.0. The van der Waals surface area contributed by atoms with Crippen LogP contribution in [-0.2, 0) is 4.74 Å². The van der Waals surface area contributed by atoms with Crippen molar-refractivity contribution in [3.63, 3.8) is 0 Å². The standard InChI is InChI=1S/C13H12F2N2O2/c1-3-19-13(18)7-5-17-12-8(14)4-6(2)10(15)9(12)11(7)16/h4-5H,3H2,1-2H3,(H2,16,17). The summed E-state index contributed by atoms with van der Waals surface area (Å²) in [5.74, 6) is -2.08. The van der Waals surface area contributed by atoms with Crippen molar-refractivity contribution in [1.29, 1.82) is 0 Å². The Balaban J connectivity index is 2.77. The van der Waals surface area contributed by atoms with Gasteiger partial charge in [0.05, 0.1) is 17.7 Å². The highest BCUT2D eigenvalue weighted by atomic mass is 19.1. The van der Waals surface area contributed by atoms with Crippen molar-refractivity contribution in [2.75, 3.05) is 12.3 Å². The smallest absolute Gasteiger partial charge is 0.341 e. The maximum atomic E-state index is 14.0. The number of pyridine rings is 1. The summed E-state index contributed by atoms with van der Waals surface area (Å²) in [6.45, 7) is 3.20. The molecule has 0 spiro atoms. The fourth-order valence-corrected chi connectivity index (χ4v) is 1.82. The summed E-state index contributed by atoms with van der Waals surface area (Å²) in [6, 6.07) is 1.04. The number of halogens is 2. The average molecular weight is 266 g/mol. The van der Waals surface area contributed by atoms with Gasteiger partial charge in [0.1, 0.15) is 22.7 Å². The van der Waals surface area contributed by atoms with E-state index >= 15 is 0 Å². The highest BCUT2D eigenvalue weighted by Gasteiger charge is 2.20. The summed E-state index contributed by atoms with van der Waals surface area (Å²) < 4.78 is 32.5. The van der Waals surface area contributed by atoms with Gasteiger partial charge in [-0.1, -0.05) is 0 Å². The number of hydrogen-bond acceptors (Lipinski definition) is 4. The molecule has 2 rings (SSSR count). The zero-order valence-electron chi connectivity index (χ0n) is 10.5. The molecule has 1 aromatic heterocycles. The van der Waals surface area contributed by atoms with Gasteiger partial charge < -0.3 is 10.5 Å². The number of benzene rings is 1. The van der Waals surface area contributed by atoms with Crippen molar-refractivity contribution >= 4 is 22.6 Å². The first-order valence-corrected chi connectivity index (χ1v) is 5.67. The van der Waals surface area contributed by atoms with Gasteiger partial charge in [-0.05, 0) is 25.5 Å². The Morgan fingerprint density at radius 3 is 2.79 bits per heavy atom. The monoisotopic (exact) mass is 266 g/mol. The van der Waals surface area contributed by atoms with Crippen LogP contribution in [0.25, 0.3) is 10.9 Å². The van der Waals surface area contributed by atoms with Crippen LogP contribution in [0.5, 0.6) is 0 Å². The highest BCUT2D eigenvalue weighted by Crippen LogP contribution is 2.29. The molecule has 0 atom stereocenters. The van der Waals surface area contributed by atoms with Crippen LogP contribution in [-0.4, -0.2) is 17.6 Å². The summed E-state index contributed by atoms with van der Waals surface area (Å²) in [4.78, 5) is 15.4. The van der Waals surface area contributed by atoms with Crippen LogP contribution < -0.4 is 5.73 Å². The number of esters is 1. The predicted octanol–water partition coefficient (Wildman–Crippen LogP) is 2.58. The second kappa shape index (κ2) is 4.79. The number of nitrogens with two attached hydrogens (primary N) is 1. The Bertz CT molecular complexity index is 671. The van der Waals surface area contributed by atoms with Gasteiger partial charge in [0.25, 0.3) is 0 Å². The van der Waals surface area contributed by atoms with Crippen molar-refractivity contribution in [1.82, 2.24) is 4.98 Å². The lowest BCUT2D eigenvalue weighted by atomic mass is 10.1. The zero-order valence-corrected chi connectivity index (χ0v) is 10.5. The SMILES string of the molecule is CCOC(=O)c1cnc2c(F)cc(C)c(F)c2c1N. The molecule has 0 aliphatic rings. The van der Waals surface area contributed by atoms with E-state index in [1.165, 1.54) is 6.92 Å². The summed E-state index contributed by atoms with van der Waals surface area (Å²) in [6.07, 6.45) is 1.09. The van der Waals surface area contributed by atoms with E-state index in [9.17, 15) is 13.6 Å². The first-order valence-electron chi connectivity index (χ1n) is 5.67. The molecule has 0 amide bonds. The van der Waals surface area contributed by atoms with E-state index in [2.05, 4.69) is 4.98 Å². The summed E-state index contributed by atoms with van der Waals surface area (Å²) in [7, 11) is 0. The van der Waals surface area contributed by atoms with Crippen molar-refractivity contribution in [3.05, 3.63) is 35.0 Å². The predicted molar refractivity (Wildman–Crippen MR) is 66.8 cm³/mol. The molecule has 0 aliphatic carbocycles. The van der Waals surface area contributed by atoms with E-state index < -0.39 is 17.6 Å². The molecule has 2 aromatic rings. The minimum Gasteiger partial charge on any atom is -0.462 e. The minimum atomic E-state index is -0.712. The number of aryl methyl sites for hydroxylation is 1. The number of ether oxygens (including phenoxy) is 1. The van der Waals surface area contributed by atoms with E-state index in [0.29, 0.717) is 0 Å². The van der Waals surface area contributed by atoms with Gasteiger partial charge in [-0.15, -0.1) is 0 Å². The van der Waals surface area contributed by atoms with E-state index in [1.807, 2.05) is 0 Å². The topological polar surface area (TPSA) is 65.2 Å². The number of nitrogens with zero attached hydrogens (tertiary/aromatic N) is 1. The van der Waals surface area contributed by atoms with E-state index in [4.69, 9.17) is 10.5 Å².